The van der Waals surface area contributed by atoms with Crippen LogP contribution in [0.25, 0.3) is 0 Å². The van der Waals surface area contributed by atoms with E-state index >= 15 is 0 Å². The zero-order valence-electron chi connectivity index (χ0n) is 5.67. The lowest BCUT2D eigenvalue weighted by molar-refractivity contribution is 0.146. The van der Waals surface area contributed by atoms with E-state index in [9.17, 15) is 5.11 Å². The molecule has 2 nitrogen and oxygen atoms in total. The van der Waals surface area contributed by atoms with Gasteiger partial charge in [-0.05, 0) is 28.4 Å². The molecule has 1 rings (SSSR count). The van der Waals surface area contributed by atoms with Crippen LogP contribution in [-0.2, 0) is 0 Å². The van der Waals surface area contributed by atoms with Gasteiger partial charge in [-0.25, -0.2) is 0 Å². The SMILES string of the molecule is CCC(O)c1cc(Br)co1. The van der Waals surface area contributed by atoms with Gasteiger partial charge in [0.15, 0.2) is 0 Å². The van der Waals surface area contributed by atoms with Gasteiger partial charge in [0.25, 0.3) is 0 Å². The zero-order chi connectivity index (χ0) is 7.56. The van der Waals surface area contributed by atoms with Gasteiger partial charge in [-0.2, -0.15) is 0 Å². The van der Waals surface area contributed by atoms with Crippen LogP contribution < -0.4 is 0 Å². The first-order valence-electron chi connectivity index (χ1n) is 3.16. The van der Waals surface area contributed by atoms with E-state index in [1.807, 2.05) is 6.92 Å². The molecular formula is C7H9BrO2. The number of halogens is 1. The molecule has 0 saturated heterocycles. The van der Waals surface area contributed by atoms with Gasteiger partial charge in [0.2, 0.25) is 0 Å². The third-order valence-electron chi connectivity index (χ3n) is 1.30. The van der Waals surface area contributed by atoms with Gasteiger partial charge in [0, 0.05) is 0 Å². The van der Waals surface area contributed by atoms with E-state index in [0.29, 0.717) is 12.2 Å². The normalized spacial score (nSPS) is 13.5. The highest BCUT2D eigenvalue weighted by Gasteiger charge is 2.07. The predicted octanol–water partition coefficient (Wildman–Crippen LogP) is 2.49. The third-order valence-corrected chi connectivity index (χ3v) is 1.72. The van der Waals surface area contributed by atoms with Crippen molar-refractivity contribution >= 4 is 15.9 Å². The fourth-order valence-corrected chi connectivity index (χ4v) is 1.02. The van der Waals surface area contributed by atoms with Crippen LogP contribution in [0.4, 0.5) is 0 Å². The Morgan fingerprint density at radius 2 is 2.50 bits per heavy atom. The Hall–Kier alpha value is -0.280. The monoisotopic (exact) mass is 204 g/mol. The summed E-state index contributed by atoms with van der Waals surface area (Å²) in [6, 6.07) is 1.77. The molecule has 1 aromatic rings. The average molecular weight is 205 g/mol. The molecule has 1 unspecified atom stereocenters. The number of hydrogen-bond donors (Lipinski definition) is 1. The molecule has 0 radical (unpaired) electrons. The number of aliphatic hydroxyl groups excluding tert-OH is 1. The molecule has 1 atom stereocenters. The topological polar surface area (TPSA) is 33.4 Å². The maximum Gasteiger partial charge on any atom is 0.133 e. The Balaban J connectivity index is 2.74. The smallest absolute Gasteiger partial charge is 0.133 e. The average Bonchev–Trinajstić information content (AvgIpc) is 2.34. The van der Waals surface area contributed by atoms with Crippen LogP contribution in [0.5, 0.6) is 0 Å². The van der Waals surface area contributed by atoms with Gasteiger partial charge < -0.3 is 9.52 Å². The van der Waals surface area contributed by atoms with Gasteiger partial charge >= 0.3 is 0 Å². The van der Waals surface area contributed by atoms with Gasteiger partial charge in [-0.15, -0.1) is 0 Å². The fourth-order valence-electron chi connectivity index (χ4n) is 0.704. The quantitative estimate of drug-likeness (QED) is 0.804. The number of rotatable bonds is 2. The van der Waals surface area contributed by atoms with E-state index in [1.54, 1.807) is 12.3 Å². The fraction of sp³-hybridized carbons (Fsp3) is 0.429. The Morgan fingerprint density at radius 1 is 1.80 bits per heavy atom. The third kappa shape index (κ3) is 1.61. The maximum absolute atomic E-state index is 9.23. The minimum absolute atomic E-state index is 0.466. The second-order valence-electron chi connectivity index (χ2n) is 2.09. The van der Waals surface area contributed by atoms with E-state index in [2.05, 4.69) is 15.9 Å². The molecule has 10 heavy (non-hydrogen) atoms. The molecule has 0 spiro atoms. The molecule has 0 aromatic carbocycles. The summed E-state index contributed by atoms with van der Waals surface area (Å²) in [6.45, 7) is 1.90. The van der Waals surface area contributed by atoms with Gasteiger partial charge in [0.05, 0.1) is 4.47 Å². The molecule has 1 heterocycles. The van der Waals surface area contributed by atoms with E-state index in [-0.39, 0.29) is 0 Å². The highest BCUT2D eigenvalue weighted by molar-refractivity contribution is 9.10. The second kappa shape index (κ2) is 3.21. The Bertz CT molecular complexity index is 207. The van der Waals surface area contributed by atoms with Crippen molar-refractivity contribution < 1.29 is 9.52 Å². The summed E-state index contributed by atoms with van der Waals surface area (Å²) in [6.07, 6.45) is 1.78. The summed E-state index contributed by atoms with van der Waals surface area (Å²) in [5, 5.41) is 9.23. The summed E-state index contributed by atoms with van der Waals surface area (Å²) < 4.78 is 5.89. The Kier molecular flexibility index (Phi) is 2.51. The first kappa shape index (κ1) is 7.82. The van der Waals surface area contributed by atoms with Crippen LogP contribution in [0.15, 0.2) is 21.2 Å². The zero-order valence-corrected chi connectivity index (χ0v) is 7.26. The first-order valence-corrected chi connectivity index (χ1v) is 3.95. The molecule has 3 heteroatoms. The van der Waals surface area contributed by atoms with Crippen LogP contribution in [-0.4, -0.2) is 5.11 Å². The summed E-state index contributed by atoms with van der Waals surface area (Å²) in [5.74, 6) is 0.620. The van der Waals surface area contributed by atoms with Crippen LogP contribution in [0.1, 0.15) is 25.2 Å². The van der Waals surface area contributed by atoms with Crippen molar-refractivity contribution in [2.45, 2.75) is 19.4 Å². The Morgan fingerprint density at radius 3 is 2.90 bits per heavy atom. The second-order valence-corrected chi connectivity index (χ2v) is 3.01. The largest absolute Gasteiger partial charge is 0.465 e. The van der Waals surface area contributed by atoms with E-state index in [0.717, 1.165) is 4.47 Å². The summed E-state index contributed by atoms with van der Waals surface area (Å²) >= 11 is 3.22. The van der Waals surface area contributed by atoms with Gasteiger partial charge in [-0.3, -0.25) is 0 Å². The standard InChI is InChI=1S/C7H9BrO2/c1-2-6(9)7-3-5(8)4-10-7/h3-4,6,9H,2H2,1H3. The Labute approximate surface area is 68.0 Å². The van der Waals surface area contributed by atoms with Crippen LogP contribution in [0.2, 0.25) is 0 Å². The number of aliphatic hydroxyl groups is 1. The lowest BCUT2D eigenvalue weighted by atomic mass is 10.2. The molecule has 0 aliphatic carbocycles. The number of hydrogen-bond acceptors (Lipinski definition) is 2. The van der Waals surface area contributed by atoms with E-state index < -0.39 is 6.10 Å². The minimum Gasteiger partial charge on any atom is -0.465 e. The maximum atomic E-state index is 9.23. The summed E-state index contributed by atoms with van der Waals surface area (Å²) in [7, 11) is 0. The molecule has 1 aromatic heterocycles. The van der Waals surface area contributed by atoms with Crippen molar-refractivity contribution in [3.8, 4) is 0 Å². The lowest BCUT2D eigenvalue weighted by Crippen LogP contribution is -1.90. The highest BCUT2D eigenvalue weighted by Crippen LogP contribution is 2.21. The molecule has 0 aliphatic heterocycles. The minimum atomic E-state index is -0.466. The van der Waals surface area contributed by atoms with E-state index in [4.69, 9.17) is 4.42 Å². The lowest BCUT2D eigenvalue weighted by Gasteiger charge is -2.00. The van der Waals surface area contributed by atoms with Crippen molar-refractivity contribution in [2.24, 2.45) is 0 Å². The van der Waals surface area contributed by atoms with Crippen molar-refractivity contribution in [1.82, 2.24) is 0 Å². The molecule has 1 N–H and O–H groups in total. The molecular weight excluding hydrogens is 196 g/mol. The number of furan rings is 1. The molecule has 0 bridgehead atoms. The molecule has 0 saturated carbocycles. The highest BCUT2D eigenvalue weighted by atomic mass is 79.9. The molecule has 0 aliphatic rings. The molecule has 56 valence electrons. The van der Waals surface area contributed by atoms with Crippen LogP contribution in [0.3, 0.4) is 0 Å². The van der Waals surface area contributed by atoms with Crippen molar-refractivity contribution in [1.29, 1.82) is 0 Å². The van der Waals surface area contributed by atoms with E-state index in [1.165, 1.54) is 0 Å². The van der Waals surface area contributed by atoms with Gasteiger partial charge in [-0.1, -0.05) is 6.92 Å². The van der Waals surface area contributed by atoms with Crippen molar-refractivity contribution in [3.05, 3.63) is 22.6 Å². The van der Waals surface area contributed by atoms with Crippen LogP contribution in [0, 0.1) is 0 Å². The molecule has 0 amide bonds. The molecule has 0 fully saturated rings. The van der Waals surface area contributed by atoms with Crippen molar-refractivity contribution in [2.75, 3.05) is 0 Å². The summed E-state index contributed by atoms with van der Waals surface area (Å²) in [5.41, 5.74) is 0. The first-order chi connectivity index (χ1) is 4.74. The van der Waals surface area contributed by atoms with Crippen molar-refractivity contribution in [3.63, 3.8) is 0 Å². The predicted molar refractivity (Wildman–Crippen MR) is 41.7 cm³/mol. The van der Waals surface area contributed by atoms with Crippen LogP contribution >= 0.6 is 15.9 Å². The summed E-state index contributed by atoms with van der Waals surface area (Å²) in [4.78, 5) is 0. The van der Waals surface area contributed by atoms with Gasteiger partial charge in [0.1, 0.15) is 18.1 Å².